The topological polar surface area (TPSA) is 89.0 Å². The second kappa shape index (κ2) is 5.98. The van der Waals surface area contributed by atoms with Gasteiger partial charge in [-0.2, -0.15) is 5.26 Å². The van der Waals surface area contributed by atoms with Crippen molar-refractivity contribution >= 4 is 28.4 Å². The van der Waals surface area contributed by atoms with Crippen LogP contribution in [0.25, 0.3) is 10.9 Å². The van der Waals surface area contributed by atoms with E-state index in [2.05, 4.69) is 4.98 Å². The third-order valence-electron chi connectivity index (χ3n) is 3.06. The number of primary amides is 1. The first-order valence-electron chi connectivity index (χ1n) is 6.41. The highest BCUT2D eigenvalue weighted by Gasteiger charge is 2.15. The highest BCUT2D eigenvalue weighted by molar-refractivity contribution is 6.36. The van der Waals surface area contributed by atoms with E-state index in [1.807, 2.05) is 13.0 Å². The summed E-state index contributed by atoms with van der Waals surface area (Å²) in [5.41, 5.74) is 7.40. The lowest BCUT2D eigenvalue weighted by atomic mass is 10.0. The van der Waals surface area contributed by atoms with Gasteiger partial charge in [0.05, 0.1) is 34.8 Å². The maximum absolute atomic E-state index is 11.2. The number of benzene rings is 1. The molecule has 0 spiro atoms. The molecular formula is C15H14ClN3O2. The van der Waals surface area contributed by atoms with Gasteiger partial charge in [0.25, 0.3) is 0 Å². The van der Waals surface area contributed by atoms with E-state index in [4.69, 9.17) is 27.3 Å². The molecule has 0 aliphatic carbocycles. The molecule has 1 aromatic heterocycles. The third kappa shape index (κ3) is 2.91. The molecular weight excluding hydrogens is 290 g/mol. The number of carbonyl (C=O) groups excluding carboxylic acids is 1. The van der Waals surface area contributed by atoms with Gasteiger partial charge in [0.1, 0.15) is 11.8 Å². The van der Waals surface area contributed by atoms with Gasteiger partial charge in [0.15, 0.2) is 0 Å². The van der Waals surface area contributed by atoms with Crippen molar-refractivity contribution in [3.63, 3.8) is 0 Å². The molecule has 108 valence electrons. The number of aromatic nitrogens is 1. The maximum atomic E-state index is 11.2. The monoisotopic (exact) mass is 303 g/mol. The number of hydrogen-bond acceptors (Lipinski definition) is 4. The van der Waals surface area contributed by atoms with Gasteiger partial charge in [-0.05, 0) is 19.9 Å². The number of fused-ring (bicyclic) bond motifs is 1. The number of aryl methyl sites for hydroxylation is 1. The zero-order valence-corrected chi connectivity index (χ0v) is 12.5. The first-order chi connectivity index (χ1) is 9.97. The molecule has 21 heavy (non-hydrogen) atoms. The summed E-state index contributed by atoms with van der Waals surface area (Å²) in [5, 5.41) is 10.1. The minimum Gasteiger partial charge on any atom is -0.494 e. The van der Waals surface area contributed by atoms with Crippen LogP contribution in [0.2, 0.25) is 5.02 Å². The largest absolute Gasteiger partial charge is 0.494 e. The van der Waals surface area contributed by atoms with Gasteiger partial charge in [0, 0.05) is 17.0 Å². The van der Waals surface area contributed by atoms with E-state index < -0.39 is 5.91 Å². The van der Waals surface area contributed by atoms with Gasteiger partial charge in [-0.15, -0.1) is 0 Å². The highest BCUT2D eigenvalue weighted by atomic mass is 35.5. The summed E-state index contributed by atoms with van der Waals surface area (Å²) < 4.78 is 5.53. The van der Waals surface area contributed by atoms with Crippen LogP contribution in [-0.2, 0) is 11.2 Å². The van der Waals surface area contributed by atoms with Crippen LogP contribution in [0.1, 0.15) is 23.7 Å². The van der Waals surface area contributed by atoms with Gasteiger partial charge in [0.2, 0.25) is 5.91 Å². The van der Waals surface area contributed by atoms with Crippen molar-refractivity contribution in [3.8, 4) is 11.8 Å². The molecule has 1 aromatic carbocycles. The zero-order chi connectivity index (χ0) is 15.6. The van der Waals surface area contributed by atoms with E-state index in [1.165, 1.54) is 0 Å². The second-order valence-electron chi connectivity index (χ2n) is 4.55. The molecule has 2 rings (SSSR count). The Morgan fingerprint density at radius 2 is 2.24 bits per heavy atom. The van der Waals surface area contributed by atoms with Crippen LogP contribution in [-0.4, -0.2) is 17.5 Å². The fourth-order valence-corrected chi connectivity index (χ4v) is 2.49. The Labute approximate surface area is 127 Å². The molecule has 1 amide bonds. The summed E-state index contributed by atoms with van der Waals surface area (Å²) in [7, 11) is 0. The molecule has 0 bridgehead atoms. The van der Waals surface area contributed by atoms with E-state index in [0.29, 0.717) is 45.1 Å². The number of nitrogens with two attached hydrogens (primary N) is 1. The number of pyridine rings is 1. The molecule has 2 aromatic rings. The van der Waals surface area contributed by atoms with Crippen LogP contribution in [0.5, 0.6) is 5.75 Å². The average molecular weight is 304 g/mol. The number of hydrogen-bond donors (Lipinski definition) is 1. The number of amides is 1. The van der Waals surface area contributed by atoms with E-state index in [1.54, 1.807) is 19.1 Å². The first kappa shape index (κ1) is 15.1. The predicted octanol–water partition coefficient (Wildman–Crippen LogP) is 2.49. The first-order valence-corrected chi connectivity index (χ1v) is 6.79. The van der Waals surface area contributed by atoms with Crippen LogP contribution in [0.4, 0.5) is 0 Å². The lowest BCUT2D eigenvalue weighted by molar-refractivity contribution is -0.117. The van der Waals surface area contributed by atoms with Crippen molar-refractivity contribution in [2.24, 2.45) is 5.73 Å². The number of ether oxygens (including phenoxy) is 1. The molecule has 0 aliphatic rings. The van der Waals surface area contributed by atoms with Crippen molar-refractivity contribution in [3.05, 3.63) is 34.0 Å². The van der Waals surface area contributed by atoms with E-state index in [0.717, 1.165) is 0 Å². The van der Waals surface area contributed by atoms with Crippen molar-refractivity contribution in [2.45, 2.75) is 20.3 Å². The molecule has 0 saturated carbocycles. The normalized spacial score (nSPS) is 10.4. The van der Waals surface area contributed by atoms with Crippen molar-refractivity contribution in [1.82, 2.24) is 4.98 Å². The van der Waals surface area contributed by atoms with Crippen LogP contribution in [0.15, 0.2) is 12.1 Å². The second-order valence-corrected chi connectivity index (χ2v) is 4.93. The van der Waals surface area contributed by atoms with Gasteiger partial charge in [-0.1, -0.05) is 11.6 Å². The van der Waals surface area contributed by atoms with E-state index in [-0.39, 0.29) is 6.42 Å². The molecule has 0 saturated heterocycles. The Bertz CT molecular complexity index is 766. The molecule has 5 nitrogen and oxygen atoms in total. The number of nitriles is 1. The molecule has 2 N–H and O–H groups in total. The SMILES string of the molecule is CCOc1cc2nc(C)c(C#N)c(Cl)c2cc1CC(N)=O. The lowest BCUT2D eigenvalue weighted by Crippen LogP contribution is -2.14. The zero-order valence-electron chi connectivity index (χ0n) is 11.7. The Morgan fingerprint density at radius 3 is 2.81 bits per heavy atom. The van der Waals surface area contributed by atoms with Crippen molar-refractivity contribution < 1.29 is 9.53 Å². The van der Waals surface area contributed by atoms with Gasteiger partial charge < -0.3 is 10.5 Å². The number of carbonyl (C=O) groups is 1. The summed E-state index contributed by atoms with van der Waals surface area (Å²) in [4.78, 5) is 15.6. The molecule has 1 heterocycles. The van der Waals surface area contributed by atoms with Crippen molar-refractivity contribution in [2.75, 3.05) is 6.61 Å². The fraction of sp³-hybridized carbons (Fsp3) is 0.267. The Morgan fingerprint density at radius 1 is 1.52 bits per heavy atom. The Hall–Kier alpha value is -2.32. The summed E-state index contributed by atoms with van der Waals surface area (Å²) in [6.45, 7) is 4.03. The van der Waals surface area contributed by atoms with Gasteiger partial charge >= 0.3 is 0 Å². The fourth-order valence-electron chi connectivity index (χ4n) is 2.16. The average Bonchev–Trinajstić information content (AvgIpc) is 2.40. The molecule has 0 atom stereocenters. The van der Waals surface area contributed by atoms with E-state index in [9.17, 15) is 4.79 Å². The summed E-state index contributed by atoms with van der Waals surface area (Å²) in [6.07, 6.45) is 0.0391. The Balaban J connectivity index is 2.75. The number of rotatable bonds is 4. The molecule has 0 unspecified atom stereocenters. The Kier molecular flexibility index (Phi) is 4.29. The summed E-state index contributed by atoms with van der Waals surface area (Å²) >= 11 is 6.27. The van der Waals surface area contributed by atoms with Crippen molar-refractivity contribution in [1.29, 1.82) is 5.26 Å². The van der Waals surface area contributed by atoms with Crippen LogP contribution in [0.3, 0.4) is 0 Å². The smallest absolute Gasteiger partial charge is 0.221 e. The number of halogens is 1. The lowest BCUT2D eigenvalue weighted by Gasteiger charge is -2.12. The van der Waals surface area contributed by atoms with Crippen LogP contribution in [0, 0.1) is 18.3 Å². The summed E-state index contributed by atoms with van der Waals surface area (Å²) in [6, 6.07) is 5.47. The maximum Gasteiger partial charge on any atom is 0.221 e. The highest BCUT2D eigenvalue weighted by Crippen LogP contribution is 2.32. The minimum atomic E-state index is -0.466. The third-order valence-corrected chi connectivity index (χ3v) is 3.45. The minimum absolute atomic E-state index is 0.0391. The van der Waals surface area contributed by atoms with Gasteiger partial charge in [-0.25, -0.2) is 0 Å². The molecule has 0 fully saturated rings. The predicted molar refractivity (Wildman–Crippen MR) is 80.3 cm³/mol. The standard InChI is InChI=1S/C15H14ClN3O2/c1-3-21-13-6-12-10(4-9(13)5-14(18)20)15(16)11(7-17)8(2)19-12/h4,6H,3,5H2,1-2H3,(H2,18,20). The van der Waals surface area contributed by atoms with E-state index >= 15 is 0 Å². The van der Waals surface area contributed by atoms with Gasteiger partial charge in [-0.3, -0.25) is 9.78 Å². The molecule has 0 aliphatic heterocycles. The van der Waals surface area contributed by atoms with Crippen LogP contribution < -0.4 is 10.5 Å². The summed E-state index contributed by atoms with van der Waals surface area (Å²) in [5.74, 6) is 0.0866. The van der Waals surface area contributed by atoms with Crippen LogP contribution >= 0.6 is 11.6 Å². The molecule has 0 radical (unpaired) electrons. The molecule has 6 heteroatoms. The number of nitrogens with zero attached hydrogens (tertiary/aromatic N) is 2. The quantitative estimate of drug-likeness (QED) is 0.939.